The standard InChI is InChI=1S/C9H8F4O2/c10-5-8(14)6-1-3-7(4-2-6)15-9(11,12)13/h1-4,8,14H,5H2. The minimum absolute atomic E-state index is 0.201. The normalized spacial score (nSPS) is 13.7. The summed E-state index contributed by atoms with van der Waals surface area (Å²) in [6.45, 7) is -0.987. The first kappa shape index (κ1) is 11.8. The molecule has 1 unspecified atom stereocenters. The maximum atomic E-state index is 12.0. The predicted octanol–water partition coefficient (Wildman–Crippen LogP) is 2.59. The highest BCUT2D eigenvalue weighted by molar-refractivity contribution is 5.28. The number of aliphatic hydroxyl groups excluding tert-OH is 1. The van der Waals surface area contributed by atoms with Crippen molar-refractivity contribution in [1.29, 1.82) is 0 Å². The Balaban J connectivity index is 2.72. The molecule has 6 heteroatoms. The molecule has 0 spiro atoms. The van der Waals surface area contributed by atoms with Gasteiger partial charge in [-0.25, -0.2) is 4.39 Å². The van der Waals surface area contributed by atoms with Crippen LogP contribution in [0.4, 0.5) is 17.6 Å². The van der Waals surface area contributed by atoms with Crippen LogP contribution in [0.5, 0.6) is 5.75 Å². The molecule has 1 N–H and O–H groups in total. The summed E-state index contributed by atoms with van der Waals surface area (Å²) in [5.74, 6) is -0.405. The van der Waals surface area contributed by atoms with Crippen LogP contribution in [-0.4, -0.2) is 18.1 Å². The van der Waals surface area contributed by atoms with Crippen LogP contribution in [0.3, 0.4) is 0 Å². The maximum absolute atomic E-state index is 12.0. The van der Waals surface area contributed by atoms with Crippen molar-refractivity contribution in [2.75, 3.05) is 6.67 Å². The van der Waals surface area contributed by atoms with Crippen LogP contribution < -0.4 is 4.74 Å². The molecule has 2 nitrogen and oxygen atoms in total. The lowest BCUT2D eigenvalue weighted by Crippen LogP contribution is -2.17. The van der Waals surface area contributed by atoms with Crippen molar-refractivity contribution in [2.24, 2.45) is 0 Å². The van der Waals surface area contributed by atoms with E-state index in [-0.39, 0.29) is 5.56 Å². The Bertz CT molecular complexity index is 307. The summed E-state index contributed by atoms with van der Waals surface area (Å²) in [6.07, 6.45) is -6.06. The van der Waals surface area contributed by atoms with Crippen molar-refractivity contribution in [1.82, 2.24) is 0 Å². The van der Waals surface area contributed by atoms with E-state index >= 15 is 0 Å². The molecule has 0 bridgehead atoms. The second-order valence-corrected chi connectivity index (χ2v) is 2.79. The highest BCUT2D eigenvalue weighted by atomic mass is 19.4. The molecule has 0 aliphatic carbocycles. The van der Waals surface area contributed by atoms with E-state index in [1.165, 1.54) is 12.1 Å². The molecular formula is C9H8F4O2. The van der Waals surface area contributed by atoms with Gasteiger partial charge in [-0.05, 0) is 17.7 Å². The molecule has 0 fully saturated rings. The average Bonchev–Trinajstić information content (AvgIpc) is 2.15. The molecule has 0 saturated carbocycles. The smallest absolute Gasteiger partial charge is 0.406 e. The Morgan fingerprint density at radius 3 is 2.13 bits per heavy atom. The van der Waals surface area contributed by atoms with Crippen molar-refractivity contribution in [3.8, 4) is 5.75 Å². The minimum atomic E-state index is -4.75. The topological polar surface area (TPSA) is 29.5 Å². The maximum Gasteiger partial charge on any atom is 0.573 e. The fourth-order valence-corrected chi connectivity index (χ4v) is 0.981. The van der Waals surface area contributed by atoms with Gasteiger partial charge in [0, 0.05) is 0 Å². The van der Waals surface area contributed by atoms with Crippen LogP contribution in [0.15, 0.2) is 24.3 Å². The first-order valence-corrected chi connectivity index (χ1v) is 4.02. The first-order valence-electron chi connectivity index (χ1n) is 4.02. The Kier molecular flexibility index (Phi) is 3.52. The van der Waals surface area contributed by atoms with E-state index < -0.39 is 24.9 Å². The summed E-state index contributed by atoms with van der Waals surface area (Å²) >= 11 is 0. The van der Waals surface area contributed by atoms with E-state index in [1.807, 2.05) is 0 Å². The van der Waals surface area contributed by atoms with Crippen molar-refractivity contribution >= 4 is 0 Å². The van der Waals surface area contributed by atoms with E-state index in [1.54, 1.807) is 0 Å². The van der Waals surface area contributed by atoms with Crippen LogP contribution in [-0.2, 0) is 0 Å². The molecule has 84 valence electrons. The number of rotatable bonds is 3. The fourth-order valence-electron chi connectivity index (χ4n) is 0.981. The second kappa shape index (κ2) is 4.48. The molecule has 1 rings (SSSR count). The number of halogens is 4. The van der Waals surface area contributed by atoms with Crippen LogP contribution in [0.2, 0.25) is 0 Å². The number of aliphatic hydroxyl groups is 1. The van der Waals surface area contributed by atoms with E-state index in [9.17, 15) is 17.6 Å². The quantitative estimate of drug-likeness (QED) is 0.799. The summed E-state index contributed by atoms with van der Waals surface area (Å²) in [4.78, 5) is 0. The third-order valence-corrected chi connectivity index (χ3v) is 1.64. The fraction of sp³-hybridized carbons (Fsp3) is 0.333. The Labute approximate surface area is 83.1 Å². The van der Waals surface area contributed by atoms with Gasteiger partial charge in [0.1, 0.15) is 18.5 Å². The van der Waals surface area contributed by atoms with Crippen molar-refractivity contribution in [3.63, 3.8) is 0 Å². The molecule has 0 aliphatic heterocycles. The SMILES string of the molecule is OC(CF)c1ccc(OC(F)(F)F)cc1. The monoisotopic (exact) mass is 224 g/mol. The highest BCUT2D eigenvalue weighted by Crippen LogP contribution is 2.24. The molecule has 0 aromatic heterocycles. The lowest BCUT2D eigenvalue weighted by molar-refractivity contribution is -0.274. The van der Waals surface area contributed by atoms with Crippen molar-refractivity contribution in [2.45, 2.75) is 12.5 Å². The zero-order valence-electron chi connectivity index (χ0n) is 7.46. The highest BCUT2D eigenvalue weighted by Gasteiger charge is 2.30. The molecule has 0 saturated heterocycles. The van der Waals surface area contributed by atoms with Crippen LogP contribution in [0.25, 0.3) is 0 Å². The molecule has 1 aromatic carbocycles. The van der Waals surface area contributed by atoms with Gasteiger partial charge >= 0.3 is 6.36 Å². The van der Waals surface area contributed by atoms with Gasteiger partial charge in [0.15, 0.2) is 0 Å². The minimum Gasteiger partial charge on any atom is -0.406 e. The zero-order valence-corrected chi connectivity index (χ0v) is 7.46. The van der Waals surface area contributed by atoms with Crippen LogP contribution in [0, 0.1) is 0 Å². The molecule has 1 aromatic rings. The van der Waals surface area contributed by atoms with E-state index in [0.717, 1.165) is 12.1 Å². The van der Waals surface area contributed by atoms with Gasteiger partial charge in [-0.3, -0.25) is 0 Å². The van der Waals surface area contributed by atoms with Gasteiger partial charge in [-0.15, -0.1) is 13.2 Å². The zero-order chi connectivity index (χ0) is 11.5. The predicted molar refractivity (Wildman–Crippen MR) is 44.1 cm³/mol. The van der Waals surface area contributed by atoms with E-state index in [2.05, 4.69) is 4.74 Å². The third kappa shape index (κ3) is 3.75. The number of ether oxygens (including phenoxy) is 1. The number of alkyl halides is 4. The number of benzene rings is 1. The lowest BCUT2D eigenvalue weighted by Gasteiger charge is -2.10. The molecule has 0 heterocycles. The Morgan fingerprint density at radius 2 is 1.73 bits per heavy atom. The van der Waals surface area contributed by atoms with E-state index in [4.69, 9.17) is 5.11 Å². The largest absolute Gasteiger partial charge is 0.573 e. The van der Waals surface area contributed by atoms with Gasteiger partial charge in [-0.2, -0.15) is 0 Å². The average molecular weight is 224 g/mol. The van der Waals surface area contributed by atoms with Crippen LogP contribution >= 0.6 is 0 Å². The van der Waals surface area contributed by atoms with Crippen LogP contribution in [0.1, 0.15) is 11.7 Å². The van der Waals surface area contributed by atoms with Gasteiger partial charge < -0.3 is 9.84 Å². The Morgan fingerprint density at radius 1 is 1.20 bits per heavy atom. The summed E-state index contributed by atoms with van der Waals surface area (Å²) < 4.78 is 50.8. The number of hydrogen-bond donors (Lipinski definition) is 1. The lowest BCUT2D eigenvalue weighted by atomic mass is 10.1. The number of hydrogen-bond acceptors (Lipinski definition) is 2. The van der Waals surface area contributed by atoms with Crippen molar-refractivity contribution in [3.05, 3.63) is 29.8 Å². The summed E-state index contributed by atoms with van der Waals surface area (Å²) in [6, 6.07) is 4.38. The molecule has 15 heavy (non-hydrogen) atoms. The van der Waals surface area contributed by atoms with E-state index in [0.29, 0.717) is 0 Å². The molecule has 0 amide bonds. The van der Waals surface area contributed by atoms with Crippen molar-refractivity contribution < 1.29 is 27.4 Å². The second-order valence-electron chi connectivity index (χ2n) is 2.79. The van der Waals surface area contributed by atoms with Gasteiger partial charge in [0.25, 0.3) is 0 Å². The van der Waals surface area contributed by atoms with Gasteiger partial charge in [-0.1, -0.05) is 12.1 Å². The first-order chi connectivity index (χ1) is 6.92. The summed E-state index contributed by atoms with van der Waals surface area (Å²) in [5, 5.41) is 9.01. The van der Waals surface area contributed by atoms with Gasteiger partial charge in [0.2, 0.25) is 0 Å². The summed E-state index contributed by atoms with van der Waals surface area (Å²) in [7, 11) is 0. The Hall–Kier alpha value is -1.30. The third-order valence-electron chi connectivity index (χ3n) is 1.64. The molecule has 1 atom stereocenters. The molecule has 0 aliphatic rings. The van der Waals surface area contributed by atoms with Gasteiger partial charge in [0.05, 0.1) is 0 Å². The molecule has 0 radical (unpaired) electrons. The molecular weight excluding hydrogens is 216 g/mol. The summed E-state index contributed by atoms with van der Waals surface area (Å²) in [5.41, 5.74) is 0.201.